The minimum atomic E-state index is -0.424. The molecule has 0 aliphatic heterocycles. The molecule has 2 atom stereocenters. The van der Waals surface area contributed by atoms with Gasteiger partial charge in [0.1, 0.15) is 0 Å². The van der Waals surface area contributed by atoms with Crippen molar-refractivity contribution in [2.75, 3.05) is 6.61 Å². The molecule has 1 aliphatic rings. The summed E-state index contributed by atoms with van der Waals surface area (Å²) in [6.45, 7) is 4.40. The molecular formula is C13H17NO3. The van der Waals surface area contributed by atoms with Crippen LogP contribution in [0.2, 0.25) is 0 Å². The molecule has 92 valence electrons. The van der Waals surface area contributed by atoms with Crippen molar-refractivity contribution in [2.24, 2.45) is 11.8 Å². The molecular weight excluding hydrogens is 218 g/mol. The van der Waals surface area contributed by atoms with Gasteiger partial charge in [-0.1, -0.05) is 24.2 Å². The molecule has 0 N–H and O–H groups in total. The largest absolute Gasteiger partial charge is 0.459 e. The minimum absolute atomic E-state index is 0.182. The highest BCUT2D eigenvalue weighted by atomic mass is 16.6. The third kappa shape index (κ3) is 2.96. The lowest BCUT2D eigenvalue weighted by Crippen LogP contribution is -2.21. The van der Waals surface area contributed by atoms with Crippen molar-refractivity contribution in [2.45, 2.75) is 26.7 Å². The van der Waals surface area contributed by atoms with Gasteiger partial charge in [-0.25, -0.2) is 4.79 Å². The Kier molecular flexibility index (Phi) is 3.61. The van der Waals surface area contributed by atoms with E-state index in [0.717, 1.165) is 12.8 Å². The summed E-state index contributed by atoms with van der Waals surface area (Å²) in [6.07, 6.45) is 6.37. The molecule has 0 radical (unpaired) electrons. The highest BCUT2D eigenvalue weighted by Crippen LogP contribution is 2.25. The topological polar surface area (TPSA) is 52.3 Å². The Balaban J connectivity index is 1.86. The highest BCUT2D eigenvalue weighted by Gasteiger charge is 2.21. The molecule has 2 rings (SSSR count). The van der Waals surface area contributed by atoms with Crippen LogP contribution >= 0.6 is 0 Å². The van der Waals surface area contributed by atoms with E-state index in [-0.39, 0.29) is 5.76 Å². The maximum atomic E-state index is 11.6. The van der Waals surface area contributed by atoms with Gasteiger partial charge in [0.05, 0.1) is 12.3 Å². The number of allylic oxidation sites excluding steroid dienone is 2. The number of hydrogen-bond donors (Lipinski definition) is 0. The van der Waals surface area contributed by atoms with Crippen LogP contribution in [0.15, 0.2) is 22.7 Å². The number of aryl methyl sites for hydroxylation is 1. The maximum absolute atomic E-state index is 11.6. The van der Waals surface area contributed by atoms with Crippen LogP contribution in [0.5, 0.6) is 0 Å². The zero-order valence-corrected chi connectivity index (χ0v) is 10.2. The summed E-state index contributed by atoms with van der Waals surface area (Å²) in [4.78, 5) is 11.6. The van der Waals surface area contributed by atoms with Crippen LogP contribution in [0.3, 0.4) is 0 Å². The lowest BCUT2D eigenvalue weighted by atomic mass is 9.85. The molecule has 1 aromatic rings. The Morgan fingerprint density at radius 2 is 2.29 bits per heavy atom. The van der Waals surface area contributed by atoms with Crippen LogP contribution in [0.1, 0.15) is 36.0 Å². The van der Waals surface area contributed by atoms with Gasteiger partial charge in [0.25, 0.3) is 0 Å². The van der Waals surface area contributed by atoms with Crippen molar-refractivity contribution in [3.05, 3.63) is 29.7 Å². The number of hydrogen-bond acceptors (Lipinski definition) is 4. The second-order valence-electron chi connectivity index (χ2n) is 4.61. The fourth-order valence-electron chi connectivity index (χ4n) is 1.95. The molecule has 0 aromatic carbocycles. The Morgan fingerprint density at radius 1 is 1.53 bits per heavy atom. The normalized spacial score (nSPS) is 23.6. The van der Waals surface area contributed by atoms with Gasteiger partial charge in [0, 0.05) is 6.07 Å². The first-order chi connectivity index (χ1) is 8.16. The molecule has 2 unspecified atom stereocenters. The Hall–Kier alpha value is -1.58. The average Bonchev–Trinajstić information content (AvgIpc) is 2.74. The first-order valence-electron chi connectivity index (χ1n) is 5.92. The first kappa shape index (κ1) is 11.9. The zero-order chi connectivity index (χ0) is 12.3. The van der Waals surface area contributed by atoms with Crippen molar-refractivity contribution in [3.63, 3.8) is 0 Å². The van der Waals surface area contributed by atoms with Crippen LogP contribution < -0.4 is 0 Å². The third-order valence-electron chi connectivity index (χ3n) is 3.18. The molecule has 4 nitrogen and oxygen atoms in total. The van der Waals surface area contributed by atoms with Crippen LogP contribution in [0.4, 0.5) is 0 Å². The van der Waals surface area contributed by atoms with Gasteiger partial charge < -0.3 is 9.26 Å². The van der Waals surface area contributed by atoms with Gasteiger partial charge in [0.2, 0.25) is 5.76 Å². The number of nitrogens with zero attached hydrogens (tertiary/aromatic N) is 1. The van der Waals surface area contributed by atoms with Gasteiger partial charge in [-0.3, -0.25) is 0 Å². The van der Waals surface area contributed by atoms with Crippen LogP contribution in [-0.4, -0.2) is 17.7 Å². The van der Waals surface area contributed by atoms with Gasteiger partial charge >= 0.3 is 5.97 Å². The quantitative estimate of drug-likeness (QED) is 0.597. The van der Waals surface area contributed by atoms with Crippen molar-refractivity contribution in [1.82, 2.24) is 5.16 Å². The minimum Gasteiger partial charge on any atom is -0.459 e. The third-order valence-corrected chi connectivity index (χ3v) is 3.18. The maximum Gasteiger partial charge on any atom is 0.377 e. The zero-order valence-electron chi connectivity index (χ0n) is 10.2. The molecule has 0 amide bonds. The summed E-state index contributed by atoms with van der Waals surface area (Å²) in [5.41, 5.74) is 0.686. The van der Waals surface area contributed by atoms with Gasteiger partial charge in [0.15, 0.2) is 0 Å². The summed E-state index contributed by atoms with van der Waals surface area (Å²) in [5, 5.41) is 3.66. The molecule has 0 fully saturated rings. The van der Waals surface area contributed by atoms with E-state index in [1.807, 2.05) is 0 Å². The van der Waals surface area contributed by atoms with Crippen molar-refractivity contribution in [3.8, 4) is 0 Å². The fourth-order valence-corrected chi connectivity index (χ4v) is 1.95. The predicted octanol–water partition coefficient (Wildman–Crippen LogP) is 2.74. The summed E-state index contributed by atoms with van der Waals surface area (Å²) < 4.78 is 10.1. The second kappa shape index (κ2) is 5.17. The van der Waals surface area contributed by atoms with Crippen molar-refractivity contribution >= 4 is 5.97 Å². The van der Waals surface area contributed by atoms with E-state index in [4.69, 9.17) is 9.26 Å². The highest BCUT2D eigenvalue weighted by molar-refractivity contribution is 5.86. The van der Waals surface area contributed by atoms with Gasteiger partial charge in [-0.2, -0.15) is 0 Å². The lowest BCUT2D eigenvalue weighted by Gasteiger charge is -2.24. The lowest BCUT2D eigenvalue weighted by molar-refractivity contribution is 0.0350. The second-order valence-corrected chi connectivity index (χ2v) is 4.61. The Morgan fingerprint density at radius 3 is 2.94 bits per heavy atom. The van der Waals surface area contributed by atoms with Gasteiger partial charge in [-0.15, -0.1) is 0 Å². The Bertz CT molecular complexity index is 422. The summed E-state index contributed by atoms with van der Waals surface area (Å²) >= 11 is 0. The van der Waals surface area contributed by atoms with E-state index in [1.165, 1.54) is 0 Å². The predicted molar refractivity (Wildman–Crippen MR) is 62.6 cm³/mol. The average molecular weight is 235 g/mol. The smallest absolute Gasteiger partial charge is 0.377 e. The van der Waals surface area contributed by atoms with E-state index in [2.05, 4.69) is 24.2 Å². The van der Waals surface area contributed by atoms with E-state index in [0.29, 0.717) is 24.1 Å². The van der Waals surface area contributed by atoms with Gasteiger partial charge in [-0.05, 0) is 31.6 Å². The molecule has 0 saturated heterocycles. The molecule has 0 spiro atoms. The first-order valence-corrected chi connectivity index (χ1v) is 5.92. The van der Waals surface area contributed by atoms with E-state index < -0.39 is 5.97 Å². The molecule has 1 heterocycles. The SMILES string of the molecule is Cc1cc(C(=O)OCC2CC=CCC2C)on1. The Labute approximate surface area is 101 Å². The summed E-state index contributed by atoms with van der Waals surface area (Å²) in [5.74, 6) is 0.728. The molecule has 0 bridgehead atoms. The standard InChI is InChI=1S/C13H17NO3/c1-9-5-3-4-6-11(9)8-16-13(15)12-7-10(2)14-17-12/h3-4,7,9,11H,5-6,8H2,1-2H3. The molecule has 0 saturated carbocycles. The number of carbonyl (C=O) groups is 1. The van der Waals surface area contributed by atoms with E-state index >= 15 is 0 Å². The van der Waals surface area contributed by atoms with Crippen molar-refractivity contribution < 1.29 is 14.1 Å². The molecule has 17 heavy (non-hydrogen) atoms. The number of carbonyl (C=O) groups excluding carboxylic acids is 1. The molecule has 4 heteroatoms. The fraction of sp³-hybridized carbons (Fsp3) is 0.538. The molecule has 1 aromatic heterocycles. The summed E-state index contributed by atoms with van der Waals surface area (Å²) in [6, 6.07) is 1.59. The monoisotopic (exact) mass is 235 g/mol. The van der Waals surface area contributed by atoms with E-state index in [9.17, 15) is 4.79 Å². The van der Waals surface area contributed by atoms with Crippen molar-refractivity contribution in [1.29, 1.82) is 0 Å². The number of aromatic nitrogens is 1. The summed E-state index contributed by atoms with van der Waals surface area (Å²) in [7, 11) is 0. The number of ether oxygens (including phenoxy) is 1. The van der Waals surface area contributed by atoms with Crippen LogP contribution in [0, 0.1) is 18.8 Å². The number of esters is 1. The van der Waals surface area contributed by atoms with E-state index in [1.54, 1.807) is 13.0 Å². The van der Waals surface area contributed by atoms with Crippen LogP contribution in [-0.2, 0) is 4.74 Å². The number of rotatable bonds is 3. The van der Waals surface area contributed by atoms with Crippen LogP contribution in [0.25, 0.3) is 0 Å². The molecule has 1 aliphatic carbocycles.